The minimum absolute atomic E-state index is 0.0171. The van der Waals surface area contributed by atoms with Gasteiger partial charge >= 0.3 is 0 Å². The molecule has 0 saturated carbocycles. The number of para-hydroxylation sites is 1. The molecular formula is C34H29ClF2N8O3S. The third kappa shape index (κ3) is 5.92. The number of rotatable bonds is 7. The van der Waals surface area contributed by atoms with Gasteiger partial charge in [-0.1, -0.05) is 35.9 Å². The number of halogens is 3. The second kappa shape index (κ2) is 12.7. The summed E-state index contributed by atoms with van der Waals surface area (Å²) in [6.07, 6.45) is 2.95. The zero-order valence-electron chi connectivity index (χ0n) is 26.2. The van der Waals surface area contributed by atoms with Crippen LogP contribution in [0.3, 0.4) is 0 Å². The number of hydrogen-bond acceptors (Lipinski definition) is 8. The molecule has 4 heterocycles. The van der Waals surface area contributed by atoms with Gasteiger partial charge in [0.2, 0.25) is 0 Å². The van der Waals surface area contributed by atoms with Crippen LogP contribution in [-0.4, -0.2) is 64.4 Å². The second-order valence-electron chi connectivity index (χ2n) is 11.6. The Bertz CT molecular complexity index is 2390. The van der Waals surface area contributed by atoms with Gasteiger partial charge in [-0.2, -0.15) is 0 Å². The van der Waals surface area contributed by atoms with Crippen LogP contribution in [-0.2, 0) is 10.0 Å². The molecule has 1 aliphatic heterocycles. The van der Waals surface area contributed by atoms with Crippen LogP contribution in [0, 0.1) is 18.6 Å². The highest BCUT2D eigenvalue weighted by atomic mass is 35.5. The Morgan fingerprint density at radius 2 is 1.86 bits per heavy atom. The highest BCUT2D eigenvalue weighted by Crippen LogP contribution is 2.33. The summed E-state index contributed by atoms with van der Waals surface area (Å²) in [5.74, 6) is -1.91. The molecule has 250 valence electrons. The summed E-state index contributed by atoms with van der Waals surface area (Å²) in [4.78, 5) is 28.7. The van der Waals surface area contributed by atoms with Crippen molar-refractivity contribution in [1.29, 1.82) is 0 Å². The first-order valence-electron chi connectivity index (χ1n) is 15.3. The van der Waals surface area contributed by atoms with E-state index in [1.165, 1.54) is 31.5 Å². The lowest BCUT2D eigenvalue weighted by atomic mass is 10.1. The van der Waals surface area contributed by atoms with Crippen molar-refractivity contribution in [3.05, 3.63) is 107 Å². The second-order valence-corrected chi connectivity index (χ2v) is 13.7. The number of piperazine rings is 1. The van der Waals surface area contributed by atoms with Crippen LogP contribution in [0.2, 0.25) is 5.02 Å². The normalized spacial score (nSPS) is 15.1. The number of carbonyl (C=O) groups is 1. The average molecular weight is 703 g/mol. The van der Waals surface area contributed by atoms with Gasteiger partial charge in [0.15, 0.2) is 11.6 Å². The average Bonchev–Trinajstić information content (AvgIpc) is 3.48. The first-order valence-corrected chi connectivity index (χ1v) is 17.2. The quantitative estimate of drug-likeness (QED) is 0.180. The molecule has 0 unspecified atom stereocenters. The van der Waals surface area contributed by atoms with Crippen molar-refractivity contribution in [3.8, 4) is 5.82 Å². The molecule has 49 heavy (non-hydrogen) atoms. The Labute approximate surface area is 285 Å². The van der Waals surface area contributed by atoms with Crippen LogP contribution >= 0.6 is 11.6 Å². The summed E-state index contributed by atoms with van der Waals surface area (Å²) in [5, 5.41) is 6.93. The zero-order chi connectivity index (χ0) is 34.4. The van der Waals surface area contributed by atoms with Crippen molar-refractivity contribution in [2.24, 2.45) is 0 Å². The maximum Gasteiger partial charge on any atom is 0.262 e. The lowest BCUT2D eigenvalue weighted by Gasteiger charge is -2.33. The molecule has 0 bridgehead atoms. The minimum Gasteiger partial charge on any atom is -0.333 e. The third-order valence-corrected chi connectivity index (χ3v) is 10.4. The van der Waals surface area contributed by atoms with Crippen LogP contribution in [0.15, 0.2) is 84.1 Å². The molecule has 0 radical (unpaired) electrons. The third-order valence-electron chi connectivity index (χ3n) is 8.50. The van der Waals surface area contributed by atoms with Gasteiger partial charge in [0.25, 0.3) is 15.9 Å². The molecule has 11 nitrogen and oxygen atoms in total. The number of nitrogens with one attached hydrogen (secondary N) is 3. The fourth-order valence-corrected chi connectivity index (χ4v) is 7.49. The summed E-state index contributed by atoms with van der Waals surface area (Å²) in [5.41, 5.74) is 0.935. The molecule has 1 fully saturated rings. The van der Waals surface area contributed by atoms with E-state index >= 15 is 8.78 Å². The Hall–Kier alpha value is -5.18. The number of nitrogens with zero attached hydrogens (tertiary/aromatic N) is 5. The Balaban J connectivity index is 1.26. The van der Waals surface area contributed by atoms with Crippen molar-refractivity contribution in [2.45, 2.75) is 24.8 Å². The number of anilines is 3. The molecule has 1 aliphatic rings. The number of carbonyl (C=O) groups excluding carboxylic acids is 1. The molecule has 3 aromatic carbocycles. The smallest absolute Gasteiger partial charge is 0.262 e. The van der Waals surface area contributed by atoms with E-state index in [1.54, 1.807) is 22.9 Å². The van der Waals surface area contributed by atoms with Gasteiger partial charge in [-0.25, -0.2) is 32.2 Å². The van der Waals surface area contributed by atoms with E-state index in [4.69, 9.17) is 16.6 Å². The highest BCUT2D eigenvalue weighted by molar-refractivity contribution is 7.92. The van der Waals surface area contributed by atoms with Crippen molar-refractivity contribution in [1.82, 2.24) is 29.7 Å². The van der Waals surface area contributed by atoms with Gasteiger partial charge in [-0.05, 0) is 61.9 Å². The summed E-state index contributed by atoms with van der Waals surface area (Å²) >= 11 is 6.11. The maximum absolute atomic E-state index is 15.9. The fraction of sp³-hybridized carbons (Fsp3) is 0.176. The maximum atomic E-state index is 15.9. The van der Waals surface area contributed by atoms with E-state index in [1.807, 2.05) is 36.1 Å². The van der Waals surface area contributed by atoms with Crippen molar-refractivity contribution in [3.63, 3.8) is 0 Å². The number of amides is 1. The monoisotopic (exact) mass is 702 g/mol. The minimum atomic E-state index is -4.29. The number of aromatic nitrogens is 4. The topological polar surface area (TPSA) is 134 Å². The molecule has 1 atom stereocenters. The number of sulfonamides is 1. The van der Waals surface area contributed by atoms with E-state index in [9.17, 15) is 13.2 Å². The molecule has 6 aromatic rings. The van der Waals surface area contributed by atoms with Gasteiger partial charge in [0.1, 0.15) is 29.2 Å². The zero-order valence-corrected chi connectivity index (χ0v) is 27.8. The fourth-order valence-electron chi connectivity index (χ4n) is 5.94. The molecular weight excluding hydrogens is 674 g/mol. The number of pyridine rings is 1. The van der Waals surface area contributed by atoms with E-state index in [0.29, 0.717) is 36.5 Å². The summed E-state index contributed by atoms with van der Waals surface area (Å²) < 4.78 is 61.3. The molecule has 0 aliphatic carbocycles. The molecule has 3 N–H and O–H groups in total. The van der Waals surface area contributed by atoms with Crippen molar-refractivity contribution >= 4 is 66.7 Å². The van der Waals surface area contributed by atoms with Gasteiger partial charge in [-0.3, -0.25) is 9.52 Å². The van der Waals surface area contributed by atoms with E-state index < -0.39 is 33.0 Å². The molecule has 3 aromatic heterocycles. The largest absolute Gasteiger partial charge is 0.333 e. The van der Waals surface area contributed by atoms with Gasteiger partial charge in [-0.15, -0.1) is 0 Å². The van der Waals surface area contributed by atoms with Crippen LogP contribution < -0.4 is 15.4 Å². The van der Waals surface area contributed by atoms with Gasteiger partial charge in [0, 0.05) is 42.3 Å². The number of fused-ring (bicyclic) bond motifs is 2. The predicted molar refractivity (Wildman–Crippen MR) is 184 cm³/mol. The highest BCUT2D eigenvalue weighted by Gasteiger charge is 2.28. The first-order chi connectivity index (χ1) is 23.5. The van der Waals surface area contributed by atoms with Crippen molar-refractivity contribution < 1.29 is 22.0 Å². The molecule has 7 rings (SSSR count). The lowest BCUT2D eigenvalue weighted by Crippen LogP contribution is -2.52. The molecule has 0 spiro atoms. The van der Waals surface area contributed by atoms with Crippen molar-refractivity contribution in [2.75, 3.05) is 29.7 Å². The molecule has 15 heteroatoms. The predicted octanol–water partition coefficient (Wildman–Crippen LogP) is 6.19. The van der Waals surface area contributed by atoms with Crippen LogP contribution in [0.25, 0.3) is 27.8 Å². The Morgan fingerprint density at radius 3 is 2.67 bits per heavy atom. The summed E-state index contributed by atoms with van der Waals surface area (Å²) in [6.45, 7) is 5.50. The molecule has 1 amide bonds. The number of benzene rings is 3. The van der Waals surface area contributed by atoms with E-state index in [2.05, 4.69) is 25.3 Å². The Morgan fingerprint density at radius 1 is 1.04 bits per heavy atom. The Kier molecular flexibility index (Phi) is 8.38. The van der Waals surface area contributed by atoms with E-state index in [-0.39, 0.29) is 38.8 Å². The standard InChI is InChI=1S/C34H29ClF2N8O3S/c1-19-16-38-14-15-44(19)34(46)22-17-45(27-8-4-3-6-21(22)27)29-13-12-26-32(41-29)33(40-18-39-26)42-31-24(36)10-11-25(30(31)37)43-49(47,48)28-9-5-7-23(35)20(28)2/h3-13,17-19,38,43H,14-16H2,1-2H3,(H,39,40,42)/t19-/m1/s1. The SMILES string of the molecule is Cc1c(Cl)cccc1S(=O)(=O)Nc1ccc(F)c(Nc2ncnc3ccc(-n4cc(C(=O)N5CCNC[C@H]5C)c5ccccc54)nc23)c1F. The molecule has 1 saturated heterocycles. The number of hydrogen-bond donors (Lipinski definition) is 3. The van der Waals surface area contributed by atoms with Gasteiger partial charge in [0.05, 0.1) is 27.2 Å². The van der Waals surface area contributed by atoms with Gasteiger partial charge < -0.3 is 20.1 Å². The lowest BCUT2D eigenvalue weighted by molar-refractivity contribution is 0.0657. The first kappa shape index (κ1) is 32.4. The van der Waals surface area contributed by atoms with Crippen LogP contribution in [0.4, 0.5) is 26.0 Å². The summed E-state index contributed by atoms with van der Waals surface area (Å²) in [7, 11) is -4.29. The summed E-state index contributed by atoms with van der Waals surface area (Å²) in [6, 6.07) is 17.1. The van der Waals surface area contributed by atoms with E-state index in [0.717, 1.165) is 23.0 Å². The van der Waals surface area contributed by atoms with Crippen LogP contribution in [0.5, 0.6) is 0 Å². The van der Waals surface area contributed by atoms with Crippen LogP contribution in [0.1, 0.15) is 22.8 Å².